The third kappa shape index (κ3) is 2.83. The van der Waals surface area contributed by atoms with Gasteiger partial charge in [-0.05, 0) is 38.1 Å². The maximum Gasteiger partial charge on any atom is 0.291 e. The van der Waals surface area contributed by atoms with E-state index in [0.717, 1.165) is 24.3 Å². The molecule has 0 aliphatic carbocycles. The van der Waals surface area contributed by atoms with E-state index in [0.29, 0.717) is 22.8 Å². The number of hydrogen-bond donors (Lipinski definition) is 1. The fourth-order valence-corrected chi connectivity index (χ4v) is 4.48. The molecule has 134 valence electrons. The quantitative estimate of drug-likeness (QED) is 0.881. The minimum atomic E-state index is -0.151. The molecule has 1 aromatic heterocycles. The Morgan fingerprint density at radius 1 is 1.19 bits per heavy atom. The fourth-order valence-electron chi connectivity index (χ4n) is 4.29. The van der Waals surface area contributed by atoms with E-state index in [1.165, 1.54) is 32.3 Å². The largest absolute Gasteiger partial charge is 0.455 e. The molecule has 26 heavy (non-hydrogen) atoms. The van der Waals surface area contributed by atoms with Crippen LogP contribution in [-0.2, 0) is 4.74 Å². The molecule has 5 heterocycles. The third-order valence-corrected chi connectivity index (χ3v) is 5.87. The van der Waals surface area contributed by atoms with E-state index in [2.05, 4.69) is 25.2 Å². The highest BCUT2D eigenvalue weighted by Crippen LogP contribution is 2.40. The van der Waals surface area contributed by atoms with E-state index in [9.17, 15) is 0 Å². The van der Waals surface area contributed by atoms with E-state index in [1.54, 1.807) is 0 Å². The molecule has 1 N–H and O–H groups in total. The van der Waals surface area contributed by atoms with Gasteiger partial charge >= 0.3 is 0 Å². The van der Waals surface area contributed by atoms with Crippen LogP contribution in [0.1, 0.15) is 12.8 Å². The molecule has 0 saturated carbocycles. The lowest BCUT2D eigenvalue weighted by Gasteiger charge is -2.50. The molecule has 4 aliphatic rings. The number of nitrogens with zero attached hydrogens (tertiary/aromatic N) is 4. The predicted octanol–water partition coefficient (Wildman–Crippen LogP) is 3.06. The number of piperidine rings is 3. The van der Waals surface area contributed by atoms with Crippen molar-refractivity contribution >= 4 is 23.4 Å². The molecule has 3 fully saturated rings. The van der Waals surface area contributed by atoms with Gasteiger partial charge < -0.3 is 4.74 Å². The number of fused-ring (bicyclic) bond motifs is 2. The molecule has 0 radical (unpaired) electrons. The van der Waals surface area contributed by atoms with Crippen LogP contribution in [0.15, 0.2) is 41.7 Å². The number of anilines is 1. The number of aromatic nitrogens is 2. The Balaban J connectivity index is 1.32. The maximum absolute atomic E-state index is 6.31. The molecule has 2 bridgehead atoms. The molecule has 2 aromatic rings. The van der Waals surface area contributed by atoms with Gasteiger partial charge in [0.1, 0.15) is 17.7 Å². The molecule has 1 unspecified atom stereocenters. The van der Waals surface area contributed by atoms with Crippen LogP contribution in [0.5, 0.6) is 0 Å². The van der Waals surface area contributed by atoms with Crippen LogP contribution in [-0.4, -0.2) is 52.7 Å². The lowest BCUT2D eigenvalue weighted by atomic mass is 9.75. The molecular weight excluding hydrogens is 350 g/mol. The Kier molecular flexibility index (Phi) is 3.83. The summed E-state index contributed by atoms with van der Waals surface area (Å²) >= 11 is 6.08. The first-order valence-corrected chi connectivity index (χ1v) is 9.39. The fraction of sp³-hybridized carbons (Fsp3) is 0.421. The minimum absolute atomic E-state index is 0.151. The highest BCUT2D eigenvalue weighted by atomic mass is 35.5. The molecule has 7 heteroatoms. The summed E-state index contributed by atoms with van der Waals surface area (Å²) in [6.45, 7) is 4.08. The van der Waals surface area contributed by atoms with E-state index in [-0.39, 0.29) is 5.60 Å². The van der Waals surface area contributed by atoms with Crippen molar-refractivity contribution in [3.05, 3.63) is 41.7 Å². The Hall–Kier alpha value is -2.18. The summed E-state index contributed by atoms with van der Waals surface area (Å²) in [6.07, 6.45) is 3.95. The van der Waals surface area contributed by atoms with Crippen molar-refractivity contribution in [3.63, 3.8) is 0 Å². The van der Waals surface area contributed by atoms with Crippen molar-refractivity contribution < 1.29 is 4.74 Å². The molecule has 1 atom stereocenters. The molecule has 4 aliphatic heterocycles. The first-order chi connectivity index (χ1) is 12.7. The van der Waals surface area contributed by atoms with Crippen molar-refractivity contribution in [1.82, 2.24) is 14.9 Å². The minimum Gasteiger partial charge on any atom is -0.455 e. The standard InChI is InChI=1S/C19H20ClN5O/c20-15-3-1-2-13(8-15)16-9-17(23-12-22-16)24-18-21-10-19(26-18)11-25-6-4-14(19)5-7-25/h1-3,8-9,12,14H,4-7,10-11H2,(H,21,22,23,24). The Bertz CT molecular complexity index is 865. The highest BCUT2D eigenvalue weighted by molar-refractivity contribution is 6.30. The number of aliphatic imine (C=N–C) groups is 1. The van der Waals surface area contributed by atoms with Gasteiger partial charge in [0.25, 0.3) is 6.02 Å². The SMILES string of the molecule is Clc1cccc(-c2cc(NC3=NCC4(CN5CCC4CC5)O3)ncn2)c1. The summed E-state index contributed by atoms with van der Waals surface area (Å²) in [7, 11) is 0. The van der Waals surface area contributed by atoms with Gasteiger partial charge in [-0.15, -0.1) is 0 Å². The van der Waals surface area contributed by atoms with Crippen molar-refractivity contribution in [1.29, 1.82) is 0 Å². The number of amidine groups is 1. The summed E-state index contributed by atoms with van der Waals surface area (Å²) < 4.78 is 6.31. The van der Waals surface area contributed by atoms with Crippen molar-refractivity contribution in [3.8, 4) is 11.3 Å². The van der Waals surface area contributed by atoms with Crippen molar-refractivity contribution in [2.45, 2.75) is 18.4 Å². The summed E-state index contributed by atoms with van der Waals surface area (Å²) in [5.74, 6) is 1.27. The van der Waals surface area contributed by atoms with E-state index in [4.69, 9.17) is 16.3 Å². The van der Waals surface area contributed by atoms with Crippen LogP contribution < -0.4 is 5.32 Å². The van der Waals surface area contributed by atoms with Gasteiger partial charge in [0.2, 0.25) is 0 Å². The van der Waals surface area contributed by atoms with Crippen molar-refractivity contribution in [2.75, 3.05) is 31.5 Å². The van der Waals surface area contributed by atoms with Crippen LogP contribution in [0, 0.1) is 5.92 Å². The summed E-state index contributed by atoms with van der Waals surface area (Å²) in [4.78, 5) is 15.8. The third-order valence-electron chi connectivity index (χ3n) is 5.64. The Morgan fingerprint density at radius 3 is 2.85 bits per heavy atom. The predicted molar refractivity (Wildman–Crippen MR) is 101 cm³/mol. The molecular formula is C19H20ClN5O. The summed E-state index contributed by atoms with van der Waals surface area (Å²) in [6, 6.07) is 10.1. The zero-order chi connectivity index (χ0) is 17.6. The zero-order valence-corrected chi connectivity index (χ0v) is 15.1. The Morgan fingerprint density at radius 2 is 2.08 bits per heavy atom. The smallest absolute Gasteiger partial charge is 0.291 e. The normalized spacial score (nSPS) is 29.5. The van der Waals surface area contributed by atoms with Crippen LogP contribution in [0.3, 0.4) is 0 Å². The first kappa shape index (κ1) is 16.0. The molecule has 1 spiro atoms. The van der Waals surface area contributed by atoms with Crippen LogP contribution >= 0.6 is 11.6 Å². The topological polar surface area (TPSA) is 62.6 Å². The second-order valence-electron chi connectivity index (χ2n) is 7.26. The number of rotatable bonds is 2. The van der Waals surface area contributed by atoms with Crippen molar-refractivity contribution in [2.24, 2.45) is 10.9 Å². The number of halogens is 1. The first-order valence-electron chi connectivity index (χ1n) is 9.01. The molecule has 6 rings (SSSR count). The highest BCUT2D eigenvalue weighted by Gasteiger charge is 2.51. The molecule has 3 saturated heterocycles. The monoisotopic (exact) mass is 369 g/mol. The summed E-state index contributed by atoms with van der Waals surface area (Å²) in [5.41, 5.74) is 1.61. The van der Waals surface area contributed by atoms with Gasteiger partial charge in [0.05, 0.1) is 12.2 Å². The average molecular weight is 370 g/mol. The molecule has 0 amide bonds. The van der Waals surface area contributed by atoms with Gasteiger partial charge in [0.15, 0.2) is 0 Å². The number of benzene rings is 1. The van der Waals surface area contributed by atoms with Crippen LogP contribution in [0.25, 0.3) is 11.3 Å². The van der Waals surface area contributed by atoms with Gasteiger partial charge in [-0.2, -0.15) is 0 Å². The van der Waals surface area contributed by atoms with E-state index < -0.39 is 0 Å². The number of hydrogen-bond acceptors (Lipinski definition) is 6. The van der Waals surface area contributed by atoms with Gasteiger partial charge in [-0.3, -0.25) is 10.2 Å². The number of nitrogens with one attached hydrogen (secondary N) is 1. The number of ether oxygens (including phenoxy) is 1. The van der Waals surface area contributed by atoms with Gasteiger partial charge in [-0.1, -0.05) is 23.7 Å². The van der Waals surface area contributed by atoms with Gasteiger partial charge in [0, 0.05) is 29.1 Å². The lowest BCUT2D eigenvalue weighted by Crippen LogP contribution is -2.61. The summed E-state index contributed by atoms with van der Waals surface area (Å²) in [5, 5.41) is 3.91. The second-order valence-corrected chi connectivity index (χ2v) is 7.70. The second kappa shape index (κ2) is 6.21. The maximum atomic E-state index is 6.31. The van der Waals surface area contributed by atoms with E-state index >= 15 is 0 Å². The zero-order valence-electron chi connectivity index (χ0n) is 14.4. The van der Waals surface area contributed by atoms with Crippen LogP contribution in [0.2, 0.25) is 5.02 Å². The Labute approximate surface area is 157 Å². The van der Waals surface area contributed by atoms with E-state index in [1.807, 2.05) is 30.3 Å². The van der Waals surface area contributed by atoms with Crippen LogP contribution in [0.4, 0.5) is 5.82 Å². The van der Waals surface area contributed by atoms with Gasteiger partial charge in [-0.25, -0.2) is 15.0 Å². The average Bonchev–Trinajstić information content (AvgIpc) is 3.05. The molecule has 6 nitrogen and oxygen atoms in total. The lowest BCUT2D eigenvalue weighted by molar-refractivity contribution is -0.0829. The molecule has 1 aromatic carbocycles.